The maximum absolute atomic E-state index is 12.1. The molecule has 0 N–H and O–H groups in total. The first-order chi connectivity index (χ1) is 8.26. The number of halogens is 1. The van der Waals surface area contributed by atoms with Crippen LogP contribution in [0.5, 0.6) is 0 Å². The summed E-state index contributed by atoms with van der Waals surface area (Å²) in [4.78, 5) is 0. The third-order valence-electron chi connectivity index (χ3n) is 3.09. The van der Waals surface area contributed by atoms with Crippen LogP contribution >= 0.6 is 10.7 Å². The van der Waals surface area contributed by atoms with Crippen LogP contribution in [0.25, 0.3) is 0 Å². The topological polar surface area (TPSA) is 71.5 Å². The monoisotopic (exact) mass is 317 g/mol. The van der Waals surface area contributed by atoms with Gasteiger partial charge >= 0.3 is 0 Å². The van der Waals surface area contributed by atoms with Crippen molar-refractivity contribution in [3.63, 3.8) is 0 Å². The first kappa shape index (κ1) is 16.2. The van der Waals surface area contributed by atoms with Gasteiger partial charge in [0.25, 0.3) is 0 Å². The molecule has 0 bridgehead atoms. The number of rotatable bonds is 6. The van der Waals surface area contributed by atoms with Crippen molar-refractivity contribution in [3.05, 3.63) is 0 Å². The second-order valence-corrected chi connectivity index (χ2v) is 9.55. The largest absolute Gasteiger partial charge is 0.232 e. The van der Waals surface area contributed by atoms with Gasteiger partial charge in [-0.15, -0.1) is 0 Å². The van der Waals surface area contributed by atoms with E-state index in [-0.39, 0.29) is 24.0 Å². The minimum atomic E-state index is -3.55. The van der Waals surface area contributed by atoms with Gasteiger partial charge in [-0.25, -0.2) is 16.8 Å². The summed E-state index contributed by atoms with van der Waals surface area (Å²) in [6.45, 7) is 2.31. The molecule has 0 aromatic heterocycles. The third kappa shape index (κ3) is 5.03. The van der Waals surface area contributed by atoms with E-state index in [2.05, 4.69) is 0 Å². The molecule has 8 heteroatoms. The van der Waals surface area contributed by atoms with Crippen LogP contribution in [0.3, 0.4) is 0 Å². The zero-order valence-corrected chi connectivity index (χ0v) is 12.9. The number of sulfonamides is 1. The lowest BCUT2D eigenvalue weighted by atomic mass is 10.0. The Kier molecular flexibility index (Phi) is 5.89. The predicted molar refractivity (Wildman–Crippen MR) is 72.7 cm³/mol. The van der Waals surface area contributed by atoms with Crippen molar-refractivity contribution in [1.82, 2.24) is 4.31 Å². The van der Waals surface area contributed by atoms with Gasteiger partial charge in [0.15, 0.2) is 0 Å². The fourth-order valence-corrected chi connectivity index (χ4v) is 4.92. The highest BCUT2D eigenvalue weighted by Gasteiger charge is 2.31. The molecule has 0 spiro atoms. The summed E-state index contributed by atoms with van der Waals surface area (Å²) in [7, 11) is -1.63. The van der Waals surface area contributed by atoms with E-state index in [0.29, 0.717) is 13.0 Å². The number of nitrogens with zero attached hydrogens (tertiary/aromatic N) is 1. The molecule has 0 aromatic rings. The maximum atomic E-state index is 12.1. The lowest BCUT2D eigenvalue weighted by Gasteiger charge is -2.34. The molecule has 1 unspecified atom stereocenters. The van der Waals surface area contributed by atoms with Crippen LogP contribution in [-0.2, 0) is 19.1 Å². The third-order valence-corrected chi connectivity index (χ3v) is 6.39. The second kappa shape index (κ2) is 6.54. The van der Waals surface area contributed by atoms with Crippen LogP contribution < -0.4 is 0 Å². The van der Waals surface area contributed by atoms with Gasteiger partial charge < -0.3 is 0 Å². The molecule has 1 aliphatic rings. The Balaban J connectivity index is 2.74. The van der Waals surface area contributed by atoms with Crippen molar-refractivity contribution in [1.29, 1.82) is 0 Å². The molecule has 0 amide bonds. The van der Waals surface area contributed by atoms with Gasteiger partial charge in [0.05, 0.1) is 11.5 Å². The lowest BCUT2D eigenvalue weighted by molar-refractivity contribution is 0.247. The smallest absolute Gasteiger partial charge is 0.212 e. The highest BCUT2D eigenvalue weighted by atomic mass is 35.7. The fraction of sp³-hybridized carbons (Fsp3) is 1.00. The SMILES string of the molecule is CCCS(=O)(=O)N1CCCCC1CCS(=O)(=O)Cl. The molecule has 18 heavy (non-hydrogen) atoms. The van der Waals surface area contributed by atoms with E-state index in [9.17, 15) is 16.8 Å². The molecule has 1 atom stereocenters. The van der Waals surface area contributed by atoms with E-state index in [1.54, 1.807) is 0 Å². The molecular formula is C10H20ClNO4S2. The van der Waals surface area contributed by atoms with Crippen molar-refractivity contribution in [2.45, 2.75) is 45.1 Å². The van der Waals surface area contributed by atoms with E-state index in [1.807, 2.05) is 6.92 Å². The van der Waals surface area contributed by atoms with Gasteiger partial charge in [-0.2, -0.15) is 4.31 Å². The van der Waals surface area contributed by atoms with Gasteiger partial charge in [-0.3, -0.25) is 0 Å². The second-order valence-electron chi connectivity index (χ2n) is 4.61. The summed E-state index contributed by atoms with van der Waals surface area (Å²) >= 11 is 0. The summed E-state index contributed by atoms with van der Waals surface area (Å²) in [6.07, 6.45) is 3.35. The van der Waals surface area contributed by atoms with Gasteiger partial charge in [-0.05, 0) is 25.7 Å². The number of piperidine rings is 1. The highest BCUT2D eigenvalue weighted by Crippen LogP contribution is 2.24. The molecular weight excluding hydrogens is 298 g/mol. The Morgan fingerprint density at radius 3 is 2.39 bits per heavy atom. The molecule has 1 aliphatic heterocycles. The van der Waals surface area contributed by atoms with E-state index in [0.717, 1.165) is 19.3 Å². The summed E-state index contributed by atoms with van der Waals surface area (Å²) in [6, 6.07) is -0.219. The highest BCUT2D eigenvalue weighted by molar-refractivity contribution is 8.13. The van der Waals surface area contributed by atoms with Crippen LogP contribution in [0.1, 0.15) is 39.0 Å². The van der Waals surface area contributed by atoms with Crippen LogP contribution in [-0.4, -0.2) is 45.2 Å². The van der Waals surface area contributed by atoms with Crippen LogP contribution in [0.2, 0.25) is 0 Å². The van der Waals surface area contributed by atoms with Gasteiger partial charge in [0, 0.05) is 23.3 Å². The van der Waals surface area contributed by atoms with Crippen LogP contribution in [0.4, 0.5) is 0 Å². The molecule has 0 saturated carbocycles. The maximum Gasteiger partial charge on any atom is 0.232 e. The zero-order chi connectivity index (χ0) is 13.8. The molecule has 5 nitrogen and oxygen atoms in total. The number of hydrogen-bond donors (Lipinski definition) is 0. The van der Waals surface area contributed by atoms with Gasteiger partial charge in [0.2, 0.25) is 19.1 Å². The van der Waals surface area contributed by atoms with Crippen LogP contribution in [0, 0.1) is 0 Å². The molecule has 108 valence electrons. The van der Waals surface area contributed by atoms with Crippen molar-refractivity contribution in [2.24, 2.45) is 0 Å². The Bertz CT molecular complexity index is 460. The summed E-state index contributed by atoms with van der Waals surface area (Å²) < 4.78 is 47.5. The predicted octanol–water partition coefficient (Wildman–Crippen LogP) is 1.54. The Morgan fingerprint density at radius 2 is 1.83 bits per heavy atom. The molecule has 1 rings (SSSR count). The Labute approximate surface area is 114 Å². The van der Waals surface area contributed by atoms with Gasteiger partial charge in [0.1, 0.15) is 0 Å². The molecule has 0 aliphatic carbocycles. The fourth-order valence-electron chi connectivity index (χ4n) is 2.28. The van der Waals surface area contributed by atoms with Crippen LogP contribution in [0.15, 0.2) is 0 Å². The standard InChI is InChI=1S/C10H20ClNO4S2/c1-2-8-18(15,16)12-7-4-3-5-10(12)6-9-17(11,13)14/h10H,2-9H2,1H3. The molecule has 1 fully saturated rings. The molecule has 0 aromatic carbocycles. The van der Waals surface area contributed by atoms with Gasteiger partial charge in [-0.1, -0.05) is 13.3 Å². The summed E-state index contributed by atoms with van der Waals surface area (Å²) in [5.74, 6) is -0.0471. The normalized spacial score (nSPS) is 23.1. The van der Waals surface area contributed by atoms with E-state index in [4.69, 9.17) is 10.7 Å². The minimum Gasteiger partial charge on any atom is -0.212 e. The summed E-state index contributed by atoms with van der Waals surface area (Å²) in [5.41, 5.74) is 0. The zero-order valence-electron chi connectivity index (χ0n) is 10.5. The first-order valence-electron chi connectivity index (χ1n) is 6.18. The first-order valence-corrected chi connectivity index (χ1v) is 10.3. The molecule has 0 radical (unpaired) electrons. The van der Waals surface area contributed by atoms with Crippen molar-refractivity contribution in [2.75, 3.05) is 18.1 Å². The lowest BCUT2D eigenvalue weighted by Crippen LogP contribution is -2.45. The quantitative estimate of drug-likeness (QED) is 0.697. The number of hydrogen-bond acceptors (Lipinski definition) is 4. The molecule has 1 heterocycles. The van der Waals surface area contributed by atoms with E-state index >= 15 is 0 Å². The Hall–Kier alpha value is 0.150. The average Bonchev–Trinajstić information content (AvgIpc) is 2.26. The van der Waals surface area contributed by atoms with Crippen molar-refractivity contribution in [3.8, 4) is 0 Å². The van der Waals surface area contributed by atoms with Crippen molar-refractivity contribution >= 4 is 29.8 Å². The minimum absolute atomic E-state index is 0.122. The van der Waals surface area contributed by atoms with E-state index < -0.39 is 19.1 Å². The van der Waals surface area contributed by atoms with E-state index in [1.165, 1.54) is 4.31 Å². The van der Waals surface area contributed by atoms with Crippen molar-refractivity contribution < 1.29 is 16.8 Å². The summed E-state index contributed by atoms with van der Waals surface area (Å²) in [5, 5.41) is 0. The molecule has 1 saturated heterocycles. The average molecular weight is 318 g/mol. The Morgan fingerprint density at radius 1 is 1.17 bits per heavy atom.